The van der Waals surface area contributed by atoms with Crippen molar-refractivity contribution in [2.75, 3.05) is 19.5 Å². The maximum Gasteiger partial charge on any atom is 0.231 e. The summed E-state index contributed by atoms with van der Waals surface area (Å²) in [6.45, 7) is 0. The minimum absolute atomic E-state index is 0.307. The van der Waals surface area contributed by atoms with E-state index in [2.05, 4.69) is 21.6 Å². The molecule has 1 aromatic heterocycles. The van der Waals surface area contributed by atoms with Crippen molar-refractivity contribution >= 4 is 11.8 Å². The van der Waals surface area contributed by atoms with Gasteiger partial charge in [-0.15, -0.1) is 10.2 Å². The second kappa shape index (κ2) is 5.29. The van der Waals surface area contributed by atoms with Crippen LogP contribution in [0, 0.1) is 11.3 Å². The maximum absolute atomic E-state index is 9.45. The Morgan fingerprint density at radius 1 is 1.32 bits per heavy atom. The van der Waals surface area contributed by atoms with E-state index in [0.29, 0.717) is 28.8 Å². The number of nitrogens with one attached hydrogen (secondary N) is 1. The van der Waals surface area contributed by atoms with Gasteiger partial charge < -0.3 is 20.5 Å². The Bertz CT molecular complexity index is 789. The van der Waals surface area contributed by atoms with Gasteiger partial charge in [-0.3, -0.25) is 4.57 Å². The van der Waals surface area contributed by atoms with Crippen molar-refractivity contribution < 1.29 is 9.47 Å². The third-order valence-electron chi connectivity index (χ3n) is 3.51. The maximum atomic E-state index is 9.45. The van der Waals surface area contributed by atoms with Crippen LogP contribution in [0.4, 0.5) is 5.95 Å². The fourth-order valence-electron chi connectivity index (χ4n) is 2.39. The average Bonchev–Trinajstić information content (AvgIpc) is 3.03. The zero-order chi connectivity index (χ0) is 15.7. The molecule has 1 aliphatic rings. The first kappa shape index (κ1) is 13.8. The Kier molecular flexibility index (Phi) is 3.31. The predicted octanol–water partition coefficient (Wildman–Crippen LogP) is 1.11. The van der Waals surface area contributed by atoms with E-state index in [1.807, 2.05) is 6.07 Å². The van der Waals surface area contributed by atoms with E-state index in [4.69, 9.17) is 15.2 Å². The Hall–Kier alpha value is -3.21. The lowest BCUT2D eigenvalue weighted by Gasteiger charge is -2.26. The van der Waals surface area contributed by atoms with Crippen LogP contribution >= 0.6 is 0 Å². The Labute approximate surface area is 126 Å². The molecule has 1 aliphatic heterocycles. The predicted molar refractivity (Wildman–Crippen MR) is 78.9 cm³/mol. The molecule has 8 nitrogen and oxygen atoms in total. The Balaban J connectivity index is 2.09. The second-order valence-corrected chi connectivity index (χ2v) is 4.63. The molecule has 3 N–H and O–H groups in total. The molecule has 0 amide bonds. The van der Waals surface area contributed by atoms with Crippen molar-refractivity contribution in [3.8, 4) is 17.6 Å². The van der Waals surface area contributed by atoms with Crippen molar-refractivity contribution in [2.45, 2.75) is 6.04 Å². The molecule has 0 radical (unpaired) electrons. The van der Waals surface area contributed by atoms with Gasteiger partial charge in [-0.25, -0.2) is 0 Å². The zero-order valence-electron chi connectivity index (χ0n) is 12.1. The molecule has 112 valence electrons. The molecule has 3 rings (SSSR count). The molecule has 0 bridgehead atoms. The minimum atomic E-state index is -0.429. The lowest BCUT2D eigenvalue weighted by atomic mass is 9.98. The van der Waals surface area contributed by atoms with Gasteiger partial charge in [0.2, 0.25) is 5.95 Å². The molecule has 0 fully saturated rings. The molecule has 0 saturated heterocycles. The quantitative estimate of drug-likeness (QED) is 0.873. The first-order valence-electron chi connectivity index (χ1n) is 6.48. The van der Waals surface area contributed by atoms with Crippen molar-refractivity contribution in [1.29, 1.82) is 5.26 Å². The molecule has 0 aliphatic carbocycles. The Morgan fingerprint density at radius 2 is 2.09 bits per heavy atom. The number of nitrogens with two attached hydrogens (primary N) is 1. The monoisotopic (exact) mass is 298 g/mol. The van der Waals surface area contributed by atoms with Gasteiger partial charge in [0, 0.05) is 0 Å². The molecule has 1 aromatic carbocycles. The van der Waals surface area contributed by atoms with Crippen molar-refractivity contribution in [1.82, 2.24) is 14.8 Å². The summed E-state index contributed by atoms with van der Waals surface area (Å²) >= 11 is 0. The fourth-order valence-corrected chi connectivity index (χ4v) is 2.39. The van der Waals surface area contributed by atoms with Crippen molar-refractivity contribution in [3.05, 3.63) is 35.7 Å². The number of nitriles is 1. The molecule has 2 heterocycles. The molecule has 8 heteroatoms. The van der Waals surface area contributed by atoms with Gasteiger partial charge in [0.1, 0.15) is 18.2 Å². The number of benzene rings is 1. The van der Waals surface area contributed by atoms with E-state index in [-0.39, 0.29) is 0 Å². The van der Waals surface area contributed by atoms with Gasteiger partial charge >= 0.3 is 0 Å². The highest BCUT2D eigenvalue weighted by Crippen LogP contribution is 2.36. The number of rotatable bonds is 3. The number of fused-ring (bicyclic) bond motifs is 1. The summed E-state index contributed by atoms with van der Waals surface area (Å²) in [4.78, 5) is 0. The standard InChI is InChI=1S/C14H14N6O2/c1-21-10-4-3-8(5-11(10)22-2)12-9(6-15)13(16)20-7-17-19-14(20)18-12/h3-5,7,12H,16H2,1-2H3,(H,18,19). The van der Waals surface area contributed by atoms with Crippen LogP contribution in [-0.2, 0) is 0 Å². The normalized spacial score (nSPS) is 16.5. The van der Waals surface area contributed by atoms with Crippen LogP contribution in [0.3, 0.4) is 0 Å². The Morgan fingerprint density at radius 3 is 2.77 bits per heavy atom. The highest BCUT2D eigenvalue weighted by atomic mass is 16.5. The van der Waals surface area contributed by atoms with E-state index >= 15 is 0 Å². The summed E-state index contributed by atoms with van der Waals surface area (Å²) in [6.07, 6.45) is 1.46. The molecule has 22 heavy (non-hydrogen) atoms. The van der Waals surface area contributed by atoms with Gasteiger partial charge in [0.15, 0.2) is 11.5 Å². The number of ether oxygens (including phenoxy) is 2. The highest BCUT2D eigenvalue weighted by molar-refractivity contribution is 5.66. The van der Waals surface area contributed by atoms with Gasteiger partial charge in [0.05, 0.1) is 25.8 Å². The smallest absolute Gasteiger partial charge is 0.231 e. The number of hydrogen-bond donors (Lipinski definition) is 2. The summed E-state index contributed by atoms with van der Waals surface area (Å²) in [5.41, 5.74) is 7.24. The molecule has 0 spiro atoms. The lowest BCUT2D eigenvalue weighted by Crippen LogP contribution is -2.26. The number of methoxy groups -OCH3 is 2. The summed E-state index contributed by atoms with van der Waals surface area (Å²) in [6, 6.07) is 7.13. The molecule has 1 unspecified atom stereocenters. The van der Waals surface area contributed by atoms with Crippen LogP contribution in [-0.4, -0.2) is 29.0 Å². The first-order chi connectivity index (χ1) is 10.7. The van der Waals surface area contributed by atoms with Crippen LogP contribution in [0.5, 0.6) is 11.5 Å². The van der Waals surface area contributed by atoms with E-state index < -0.39 is 6.04 Å². The minimum Gasteiger partial charge on any atom is -0.493 e. The van der Waals surface area contributed by atoms with Gasteiger partial charge in [-0.1, -0.05) is 6.07 Å². The summed E-state index contributed by atoms with van der Waals surface area (Å²) in [5.74, 6) is 1.97. The van der Waals surface area contributed by atoms with Crippen LogP contribution in [0.1, 0.15) is 11.6 Å². The molecule has 2 aromatic rings. The lowest BCUT2D eigenvalue weighted by molar-refractivity contribution is 0.354. The molecule has 0 saturated carbocycles. The largest absolute Gasteiger partial charge is 0.493 e. The van der Waals surface area contributed by atoms with Crippen molar-refractivity contribution in [3.63, 3.8) is 0 Å². The number of aromatic nitrogens is 3. The zero-order valence-corrected chi connectivity index (χ0v) is 12.1. The molecular weight excluding hydrogens is 284 g/mol. The summed E-state index contributed by atoms with van der Waals surface area (Å²) < 4.78 is 12.1. The van der Waals surface area contributed by atoms with Crippen LogP contribution < -0.4 is 20.5 Å². The van der Waals surface area contributed by atoms with Gasteiger partial charge in [-0.05, 0) is 17.7 Å². The van der Waals surface area contributed by atoms with Crippen LogP contribution in [0.25, 0.3) is 5.82 Å². The van der Waals surface area contributed by atoms with Crippen molar-refractivity contribution in [2.24, 2.45) is 5.73 Å². The summed E-state index contributed by atoms with van der Waals surface area (Å²) in [5, 5.41) is 20.3. The van der Waals surface area contributed by atoms with E-state index in [1.165, 1.54) is 10.9 Å². The first-order valence-corrected chi connectivity index (χ1v) is 6.48. The number of nitrogens with zero attached hydrogens (tertiary/aromatic N) is 4. The SMILES string of the molecule is COc1ccc(C2Nc3nncn3C(N)=C2C#N)cc1OC. The van der Waals surface area contributed by atoms with Gasteiger partial charge in [-0.2, -0.15) is 5.26 Å². The van der Waals surface area contributed by atoms with Crippen LogP contribution in [0.15, 0.2) is 30.1 Å². The molecule has 1 atom stereocenters. The third kappa shape index (κ3) is 2.00. The number of hydrogen-bond acceptors (Lipinski definition) is 7. The average molecular weight is 298 g/mol. The van der Waals surface area contributed by atoms with E-state index in [1.54, 1.807) is 26.4 Å². The topological polar surface area (TPSA) is 111 Å². The summed E-state index contributed by atoms with van der Waals surface area (Å²) in [7, 11) is 3.12. The van der Waals surface area contributed by atoms with Gasteiger partial charge in [0.25, 0.3) is 0 Å². The van der Waals surface area contributed by atoms with E-state index in [9.17, 15) is 5.26 Å². The highest BCUT2D eigenvalue weighted by Gasteiger charge is 2.28. The number of anilines is 1. The third-order valence-corrected chi connectivity index (χ3v) is 3.51. The second-order valence-electron chi connectivity index (χ2n) is 4.63. The van der Waals surface area contributed by atoms with E-state index in [0.717, 1.165) is 5.56 Å². The van der Waals surface area contributed by atoms with Crippen LogP contribution in [0.2, 0.25) is 0 Å². The molecular formula is C14H14N6O2. The fraction of sp³-hybridized carbons (Fsp3) is 0.214.